The molecule has 1 aliphatic carbocycles. The fourth-order valence-corrected chi connectivity index (χ4v) is 3.26. The summed E-state index contributed by atoms with van der Waals surface area (Å²) >= 11 is 0. The molecule has 0 bridgehead atoms. The minimum atomic E-state index is -0.372. The largest absolute Gasteiger partial charge is 0.463 e. The van der Waals surface area contributed by atoms with E-state index in [9.17, 15) is 14.4 Å². The number of carbonyl (C=O) groups excluding carboxylic acids is 3. The molecular weight excluding hydrogens is 308 g/mol. The Kier molecular flexibility index (Phi) is 6.93. The summed E-state index contributed by atoms with van der Waals surface area (Å²) in [6.07, 6.45) is 4.61. The maximum Gasteiger partial charge on any atom is 0.302 e. The highest BCUT2D eigenvalue weighted by molar-refractivity contribution is 6.04. The highest BCUT2D eigenvalue weighted by Gasteiger charge is 2.38. The third-order valence-electron chi connectivity index (χ3n) is 4.35. The van der Waals surface area contributed by atoms with Gasteiger partial charge in [-0.25, -0.2) is 0 Å². The van der Waals surface area contributed by atoms with Gasteiger partial charge in [-0.1, -0.05) is 26.3 Å². The molecule has 1 rings (SSSR count). The lowest BCUT2D eigenvalue weighted by atomic mass is 9.67. The molecule has 134 valence electrons. The van der Waals surface area contributed by atoms with Gasteiger partial charge in [-0.3, -0.25) is 14.4 Å². The minimum Gasteiger partial charge on any atom is -0.463 e. The molecule has 5 nitrogen and oxygen atoms in total. The van der Waals surface area contributed by atoms with Gasteiger partial charge in [0.2, 0.25) is 0 Å². The summed E-state index contributed by atoms with van der Waals surface area (Å²) in [5.41, 5.74) is 1.40. The number of ketones is 1. The van der Waals surface area contributed by atoms with Crippen LogP contribution in [0.5, 0.6) is 0 Å². The number of hydrogen-bond acceptors (Lipinski definition) is 5. The highest BCUT2D eigenvalue weighted by atomic mass is 16.5. The van der Waals surface area contributed by atoms with Crippen LogP contribution in [0.4, 0.5) is 0 Å². The second-order valence-corrected chi connectivity index (χ2v) is 7.11. The summed E-state index contributed by atoms with van der Waals surface area (Å²) in [5, 5.41) is 0. The summed E-state index contributed by atoms with van der Waals surface area (Å²) in [4.78, 5) is 34.4. The number of esters is 2. The molecule has 0 N–H and O–H groups in total. The Morgan fingerprint density at radius 3 is 2.29 bits per heavy atom. The Morgan fingerprint density at radius 2 is 1.79 bits per heavy atom. The van der Waals surface area contributed by atoms with Gasteiger partial charge < -0.3 is 9.47 Å². The standard InChI is InChI=1S/C19H28O5/c1-12(7-8-23-14(3)20)18(22)10-17-13(2)9-16(24-15(4)21)11-19(17,5)6/h7,10,13,16H,8-9,11H2,1-6H3/b12-7+,17-10-/t13-,16-/m1/s1. The zero-order valence-corrected chi connectivity index (χ0v) is 15.5. The minimum absolute atomic E-state index is 0.0805. The Morgan fingerprint density at radius 1 is 1.17 bits per heavy atom. The first-order valence-electron chi connectivity index (χ1n) is 8.26. The van der Waals surface area contributed by atoms with Gasteiger partial charge in [-0.15, -0.1) is 0 Å². The average molecular weight is 336 g/mol. The van der Waals surface area contributed by atoms with E-state index >= 15 is 0 Å². The third-order valence-corrected chi connectivity index (χ3v) is 4.35. The Hall–Kier alpha value is -1.91. The molecule has 0 amide bonds. The smallest absolute Gasteiger partial charge is 0.302 e. The lowest BCUT2D eigenvalue weighted by Gasteiger charge is -2.41. The SMILES string of the molecule is CC(=O)OC/C=C(\C)C(=O)/C=C1/[C@H](C)C[C@@H](OC(C)=O)CC1(C)C. The van der Waals surface area contributed by atoms with Gasteiger partial charge in [0.05, 0.1) is 0 Å². The van der Waals surface area contributed by atoms with Crippen molar-refractivity contribution in [2.45, 2.75) is 60.5 Å². The van der Waals surface area contributed by atoms with E-state index in [-0.39, 0.29) is 41.8 Å². The first-order valence-corrected chi connectivity index (χ1v) is 8.26. The molecule has 2 atom stereocenters. The molecule has 1 saturated carbocycles. The summed E-state index contributed by atoms with van der Waals surface area (Å²) in [6.45, 7) is 10.7. The molecule has 0 aromatic rings. The summed E-state index contributed by atoms with van der Waals surface area (Å²) < 4.78 is 10.2. The van der Waals surface area contributed by atoms with Gasteiger partial charge in [0.15, 0.2) is 5.78 Å². The Bertz CT molecular complexity index is 568. The summed E-state index contributed by atoms with van der Waals surface area (Å²) in [7, 11) is 0. The fourth-order valence-electron chi connectivity index (χ4n) is 3.26. The van der Waals surface area contributed by atoms with E-state index in [1.54, 1.807) is 19.1 Å². The van der Waals surface area contributed by atoms with Crippen molar-refractivity contribution in [3.8, 4) is 0 Å². The normalized spacial score (nSPS) is 25.2. The monoisotopic (exact) mass is 336 g/mol. The van der Waals surface area contributed by atoms with Crippen LogP contribution in [0.15, 0.2) is 23.3 Å². The molecule has 1 fully saturated rings. The summed E-state index contributed by atoms with van der Waals surface area (Å²) in [5.74, 6) is -0.564. The Balaban J connectivity index is 2.87. The molecular formula is C19H28O5. The number of carbonyl (C=O) groups is 3. The van der Waals surface area contributed by atoms with Crippen molar-refractivity contribution >= 4 is 17.7 Å². The van der Waals surface area contributed by atoms with Crippen LogP contribution in [0.3, 0.4) is 0 Å². The van der Waals surface area contributed by atoms with E-state index in [4.69, 9.17) is 9.47 Å². The van der Waals surface area contributed by atoms with Crippen molar-refractivity contribution in [2.24, 2.45) is 11.3 Å². The maximum absolute atomic E-state index is 12.4. The zero-order valence-electron chi connectivity index (χ0n) is 15.5. The highest BCUT2D eigenvalue weighted by Crippen LogP contribution is 2.44. The van der Waals surface area contributed by atoms with E-state index in [0.29, 0.717) is 12.0 Å². The summed E-state index contributed by atoms with van der Waals surface area (Å²) in [6, 6.07) is 0. The van der Waals surface area contributed by atoms with E-state index in [1.165, 1.54) is 13.8 Å². The first kappa shape index (κ1) is 20.1. The van der Waals surface area contributed by atoms with E-state index < -0.39 is 0 Å². The molecule has 1 aliphatic rings. The third kappa shape index (κ3) is 5.95. The van der Waals surface area contributed by atoms with Crippen LogP contribution in [0, 0.1) is 11.3 Å². The molecule has 0 unspecified atom stereocenters. The van der Waals surface area contributed by atoms with E-state index in [2.05, 4.69) is 20.8 Å². The van der Waals surface area contributed by atoms with Gasteiger partial charge in [-0.05, 0) is 48.8 Å². The van der Waals surface area contributed by atoms with Crippen molar-refractivity contribution in [1.82, 2.24) is 0 Å². The van der Waals surface area contributed by atoms with Crippen molar-refractivity contribution < 1.29 is 23.9 Å². The lowest BCUT2D eigenvalue weighted by molar-refractivity contribution is -0.149. The molecule has 0 aromatic carbocycles. The molecule has 0 aromatic heterocycles. The average Bonchev–Trinajstić information content (AvgIpc) is 2.40. The molecule has 0 saturated heterocycles. The van der Waals surface area contributed by atoms with Crippen LogP contribution >= 0.6 is 0 Å². The topological polar surface area (TPSA) is 69.7 Å². The van der Waals surface area contributed by atoms with E-state index in [1.807, 2.05) is 0 Å². The predicted molar refractivity (Wildman–Crippen MR) is 91.2 cm³/mol. The second kappa shape index (κ2) is 8.27. The van der Waals surface area contributed by atoms with Gasteiger partial charge in [-0.2, -0.15) is 0 Å². The number of hydrogen-bond donors (Lipinski definition) is 0. The molecule has 0 spiro atoms. The van der Waals surface area contributed by atoms with Gasteiger partial charge in [0.25, 0.3) is 0 Å². The molecule has 24 heavy (non-hydrogen) atoms. The quantitative estimate of drug-likeness (QED) is 0.568. The molecule has 5 heteroatoms. The van der Waals surface area contributed by atoms with Crippen molar-refractivity contribution in [1.29, 1.82) is 0 Å². The molecule has 0 radical (unpaired) electrons. The van der Waals surface area contributed by atoms with Crippen LogP contribution in [-0.4, -0.2) is 30.4 Å². The number of ether oxygens (including phenoxy) is 2. The lowest BCUT2D eigenvalue weighted by Crippen LogP contribution is -2.36. The Labute approximate surface area is 144 Å². The van der Waals surface area contributed by atoms with Gasteiger partial charge >= 0.3 is 11.9 Å². The van der Waals surface area contributed by atoms with Gasteiger partial charge in [0.1, 0.15) is 12.7 Å². The maximum atomic E-state index is 12.4. The number of rotatable bonds is 5. The number of allylic oxidation sites excluding steroid dienone is 3. The van der Waals surface area contributed by atoms with Crippen LogP contribution in [0.25, 0.3) is 0 Å². The van der Waals surface area contributed by atoms with Crippen LogP contribution in [0.1, 0.15) is 54.4 Å². The fraction of sp³-hybridized carbons (Fsp3) is 0.632. The van der Waals surface area contributed by atoms with Crippen LogP contribution in [0.2, 0.25) is 0 Å². The van der Waals surface area contributed by atoms with Crippen LogP contribution in [-0.2, 0) is 23.9 Å². The first-order chi connectivity index (χ1) is 11.0. The second-order valence-electron chi connectivity index (χ2n) is 7.11. The zero-order chi connectivity index (χ0) is 18.5. The van der Waals surface area contributed by atoms with Gasteiger partial charge in [0, 0.05) is 13.8 Å². The van der Waals surface area contributed by atoms with Crippen molar-refractivity contribution in [3.05, 3.63) is 23.3 Å². The van der Waals surface area contributed by atoms with Crippen molar-refractivity contribution in [2.75, 3.05) is 6.61 Å². The van der Waals surface area contributed by atoms with Crippen molar-refractivity contribution in [3.63, 3.8) is 0 Å². The predicted octanol–water partition coefficient (Wildman–Crippen LogP) is 3.38. The van der Waals surface area contributed by atoms with Crippen LogP contribution < -0.4 is 0 Å². The van der Waals surface area contributed by atoms with E-state index in [0.717, 1.165) is 12.0 Å². The molecule has 0 heterocycles. The molecule has 0 aliphatic heterocycles.